The van der Waals surface area contributed by atoms with Crippen molar-refractivity contribution in [2.24, 2.45) is 0 Å². The van der Waals surface area contributed by atoms with E-state index in [1.165, 1.54) is 11.0 Å². The fourth-order valence-corrected chi connectivity index (χ4v) is 1.93. The minimum Gasteiger partial charge on any atom is -0.478 e. The molecule has 2 aromatic rings. The van der Waals surface area contributed by atoms with Gasteiger partial charge in [-0.05, 0) is 31.5 Å². The van der Waals surface area contributed by atoms with Crippen LogP contribution in [-0.2, 0) is 0 Å². The zero-order valence-corrected chi connectivity index (χ0v) is 11.3. The molecule has 0 radical (unpaired) electrons. The van der Waals surface area contributed by atoms with Gasteiger partial charge in [0, 0.05) is 18.3 Å². The maximum atomic E-state index is 12.4. The molecule has 0 spiro atoms. The molecule has 5 nitrogen and oxygen atoms in total. The Labute approximate surface area is 116 Å². The first kappa shape index (κ1) is 13.9. The van der Waals surface area contributed by atoms with E-state index in [0.717, 1.165) is 17.5 Å². The van der Waals surface area contributed by atoms with Gasteiger partial charge in [0.15, 0.2) is 5.76 Å². The molecule has 104 valence electrons. The third-order valence-corrected chi connectivity index (χ3v) is 2.93. The predicted octanol–water partition coefficient (Wildman–Crippen LogP) is 2.95. The second-order valence-electron chi connectivity index (χ2n) is 4.39. The summed E-state index contributed by atoms with van der Waals surface area (Å²) in [5.41, 5.74) is 1.76. The summed E-state index contributed by atoms with van der Waals surface area (Å²) in [5, 5.41) is 8.84. The molecule has 1 aromatic heterocycles. The van der Waals surface area contributed by atoms with E-state index in [1.807, 2.05) is 38.1 Å². The van der Waals surface area contributed by atoms with Crippen LogP contribution < -0.4 is 4.90 Å². The monoisotopic (exact) mass is 273 g/mol. The Morgan fingerprint density at radius 2 is 2.05 bits per heavy atom. The highest BCUT2D eigenvalue weighted by atomic mass is 16.4. The molecule has 0 aliphatic carbocycles. The number of carboxylic acids is 1. The smallest absolute Gasteiger partial charge is 0.338 e. The maximum Gasteiger partial charge on any atom is 0.338 e. The molecule has 2 rings (SSSR count). The van der Waals surface area contributed by atoms with E-state index in [2.05, 4.69) is 0 Å². The van der Waals surface area contributed by atoms with Gasteiger partial charge in [-0.2, -0.15) is 0 Å². The first-order chi connectivity index (χ1) is 9.52. The summed E-state index contributed by atoms with van der Waals surface area (Å²) in [4.78, 5) is 24.7. The van der Waals surface area contributed by atoms with Crippen LogP contribution in [0.1, 0.15) is 33.4 Å². The van der Waals surface area contributed by atoms with Crippen molar-refractivity contribution < 1.29 is 19.1 Å². The van der Waals surface area contributed by atoms with Crippen LogP contribution in [0.25, 0.3) is 0 Å². The molecular weight excluding hydrogens is 258 g/mol. The number of carbonyl (C=O) groups excluding carboxylic acids is 1. The summed E-state index contributed by atoms with van der Waals surface area (Å²) in [7, 11) is 0. The van der Waals surface area contributed by atoms with E-state index in [-0.39, 0.29) is 17.2 Å². The summed E-state index contributed by atoms with van der Waals surface area (Å²) in [6, 6.07) is 8.77. The van der Waals surface area contributed by atoms with Crippen molar-refractivity contribution in [2.75, 3.05) is 11.4 Å². The molecule has 0 saturated carbocycles. The van der Waals surface area contributed by atoms with Gasteiger partial charge in [0.25, 0.3) is 5.91 Å². The molecule has 0 bridgehead atoms. The second-order valence-corrected chi connectivity index (χ2v) is 4.39. The van der Waals surface area contributed by atoms with E-state index >= 15 is 0 Å². The number of carboxylic acid groups (broad SMARTS) is 1. The first-order valence-electron chi connectivity index (χ1n) is 6.23. The van der Waals surface area contributed by atoms with Crippen molar-refractivity contribution in [2.45, 2.75) is 13.8 Å². The van der Waals surface area contributed by atoms with Crippen LogP contribution in [0, 0.1) is 6.92 Å². The standard InChI is InChI=1S/C15H15NO4/c1-3-16(12-6-4-5-10(2)7-12)14(17)13-8-11(9-20-13)15(18)19/h4-9H,3H2,1-2H3,(H,18,19). The number of hydrogen-bond donors (Lipinski definition) is 1. The fraction of sp³-hybridized carbons (Fsp3) is 0.200. The van der Waals surface area contributed by atoms with Crippen LogP contribution in [-0.4, -0.2) is 23.5 Å². The van der Waals surface area contributed by atoms with Gasteiger partial charge in [-0.25, -0.2) is 4.79 Å². The van der Waals surface area contributed by atoms with Gasteiger partial charge in [-0.1, -0.05) is 12.1 Å². The summed E-state index contributed by atoms with van der Waals surface area (Å²) < 4.78 is 5.05. The van der Waals surface area contributed by atoms with Gasteiger partial charge < -0.3 is 14.4 Å². The topological polar surface area (TPSA) is 70.8 Å². The molecule has 1 heterocycles. The summed E-state index contributed by atoms with van der Waals surface area (Å²) in [6.45, 7) is 4.25. The molecule has 0 atom stereocenters. The molecular formula is C15H15NO4. The van der Waals surface area contributed by atoms with Crippen LogP contribution in [0.5, 0.6) is 0 Å². The third-order valence-electron chi connectivity index (χ3n) is 2.93. The number of anilines is 1. The predicted molar refractivity (Wildman–Crippen MR) is 74.2 cm³/mol. The highest BCUT2D eigenvalue weighted by molar-refractivity contribution is 6.05. The van der Waals surface area contributed by atoms with Gasteiger partial charge in [0.1, 0.15) is 6.26 Å². The molecule has 0 aliphatic heterocycles. The highest BCUT2D eigenvalue weighted by Crippen LogP contribution is 2.19. The number of benzene rings is 1. The van der Waals surface area contributed by atoms with Crippen LogP contribution in [0.4, 0.5) is 5.69 Å². The Kier molecular flexibility index (Phi) is 3.89. The first-order valence-corrected chi connectivity index (χ1v) is 6.23. The highest BCUT2D eigenvalue weighted by Gasteiger charge is 2.21. The molecule has 20 heavy (non-hydrogen) atoms. The van der Waals surface area contributed by atoms with E-state index in [9.17, 15) is 9.59 Å². The van der Waals surface area contributed by atoms with Gasteiger partial charge in [0.2, 0.25) is 0 Å². The Morgan fingerprint density at radius 3 is 2.60 bits per heavy atom. The quantitative estimate of drug-likeness (QED) is 0.929. The van der Waals surface area contributed by atoms with Crippen molar-refractivity contribution in [3.8, 4) is 0 Å². The van der Waals surface area contributed by atoms with Crippen molar-refractivity contribution in [1.29, 1.82) is 0 Å². The molecule has 0 aliphatic rings. The fourth-order valence-electron chi connectivity index (χ4n) is 1.93. The van der Waals surface area contributed by atoms with Crippen LogP contribution in [0.3, 0.4) is 0 Å². The lowest BCUT2D eigenvalue weighted by molar-refractivity contribution is 0.0696. The Hall–Kier alpha value is -2.56. The van der Waals surface area contributed by atoms with Gasteiger partial charge in [-0.15, -0.1) is 0 Å². The number of amides is 1. The van der Waals surface area contributed by atoms with Gasteiger partial charge >= 0.3 is 5.97 Å². The number of hydrogen-bond acceptors (Lipinski definition) is 3. The van der Waals surface area contributed by atoms with Gasteiger partial charge in [-0.3, -0.25) is 4.79 Å². The number of rotatable bonds is 4. The molecule has 5 heteroatoms. The number of furan rings is 1. The zero-order chi connectivity index (χ0) is 14.7. The van der Waals surface area contributed by atoms with Crippen LogP contribution >= 0.6 is 0 Å². The largest absolute Gasteiger partial charge is 0.478 e. The molecule has 1 N–H and O–H groups in total. The van der Waals surface area contributed by atoms with E-state index < -0.39 is 5.97 Å². The Bertz CT molecular complexity index is 645. The van der Waals surface area contributed by atoms with Crippen molar-refractivity contribution >= 4 is 17.6 Å². The molecule has 1 amide bonds. The minimum atomic E-state index is -1.12. The molecule has 1 aromatic carbocycles. The lowest BCUT2D eigenvalue weighted by atomic mass is 10.2. The lowest BCUT2D eigenvalue weighted by Gasteiger charge is -2.20. The molecule has 0 unspecified atom stereocenters. The summed E-state index contributed by atoms with van der Waals surface area (Å²) in [5.74, 6) is -1.46. The van der Waals surface area contributed by atoms with Crippen molar-refractivity contribution in [3.63, 3.8) is 0 Å². The van der Waals surface area contributed by atoms with Gasteiger partial charge in [0.05, 0.1) is 5.56 Å². The average molecular weight is 273 g/mol. The number of aromatic carboxylic acids is 1. The summed E-state index contributed by atoms with van der Waals surface area (Å²) >= 11 is 0. The number of carbonyl (C=O) groups is 2. The average Bonchev–Trinajstić information content (AvgIpc) is 2.89. The lowest BCUT2D eigenvalue weighted by Crippen LogP contribution is -2.30. The number of nitrogens with zero attached hydrogens (tertiary/aromatic N) is 1. The minimum absolute atomic E-state index is 0.0192. The summed E-state index contributed by atoms with van der Waals surface area (Å²) in [6.07, 6.45) is 1.07. The van der Waals surface area contributed by atoms with Crippen molar-refractivity contribution in [3.05, 3.63) is 53.5 Å². The Balaban J connectivity index is 2.31. The maximum absolute atomic E-state index is 12.4. The van der Waals surface area contributed by atoms with Crippen molar-refractivity contribution in [1.82, 2.24) is 0 Å². The van der Waals surface area contributed by atoms with Crippen LogP contribution in [0.2, 0.25) is 0 Å². The number of aryl methyl sites for hydroxylation is 1. The third kappa shape index (κ3) is 2.71. The second kappa shape index (κ2) is 5.61. The zero-order valence-electron chi connectivity index (χ0n) is 11.3. The van der Waals surface area contributed by atoms with E-state index in [0.29, 0.717) is 6.54 Å². The SMILES string of the molecule is CCN(C(=O)c1cc(C(=O)O)co1)c1cccc(C)c1. The molecule has 0 fully saturated rings. The van der Waals surface area contributed by atoms with E-state index in [4.69, 9.17) is 9.52 Å². The van der Waals surface area contributed by atoms with E-state index in [1.54, 1.807) is 0 Å². The normalized spacial score (nSPS) is 10.3. The molecule has 0 saturated heterocycles. The Morgan fingerprint density at radius 1 is 1.30 bits per heavy atom. The van der Waals surface area contributed by atoms with Crippen LogP contribution in [0.15, 0.2) is 41.0 Å².